The van der Waals surface area contributed by atoms with E-state index in [1.807, 2.05) is 31.2 Å². The second-order valence-electron chi connectivity index (χ2n) is 4.08. The smallest absolute Gasteiger partial charge is 0.220 e. The normalized spacial score (nSPS) is 12.2. The van der Waals surface area contributed by atoms with E-state index in [1.54, 1.807) is 6.92 Å². The highest BCUT2D eigenvalue weighted by Crippen LogP contribution is 2.09. The maximum Gasteiger partial charge on any atom is 0.220 e. The first-order chi connectivity index (χ1) is 7.63. The summed E-state index contributed by atoms with van der Waals surface area (Å²) in [6.07, 6.45) is 1.21. The van der Waals surface area contributed by atoms with E-state index in [0.717, 1.165) is 6.42 Å². The van der Waals surface area contributed by atoms with Crippen LogP contribution in [-0.2, 0) is 11.2 Å². The van der Waals surface area contributed by atoms with Gasteiger partial charge in [0.15, 0.2) is 0 Å². The number of aryl methyl sites for hydroxylation is 2. The van der Waals surface area contributed by atoms with Crippen LogP contribution < -0.4 is 5.32 Å². The van der Waals surface area contributed by atoms with Crippen molar-refractivity contribution in [2.75, 3.05) is 6.61 Å². The van der Waals surface area contributed by atoms with Gasteiger partial charge in [0.1, 0.15) is 0 Å². The number of amides is 1. The van der Waals surface area contributed by atoms with Crippen LogP contribution in [0.5, 0.6) is 0 Å². The second-order valence-corrected chi connectivity index (χ2v) is 4.08. The summed E-state index contributed by atoms with van der Waals surface area (Å²) in [5.74, 6) is -0.00944. The lowest BCUT2D eigenvalue weighted by molar-refractivity contribution is -0.121. The number of carbonyl (C=O) groups is 1. The highest BCUT2D eigenvalue weighted by molar-refractivity contribution is 5.76. The van der Waals surface area contributed by atoms with E-state index < -0.39 is 0 Å². The lowest BCUT2D eigenvalue weighted by Gasteiger charge is -2.11. The zero-order chi connectivity index (χ0) is 12.0. The number of hydrogen-bond acceptors (Lipinski definition) is 2. The molecule has 88 valence electrons. The summed E-state index contributed by atoms with van der Waals surface area (Å²) in [6, 6.07) is 7.90. The Bertz CT molecular complexity index is 350. The molecule has 16 heavy (non-hydrogen) atoms. The van der Waals surface area contributed by atoms with Crippen molar-refractivity contribution in [3.05, 3.63) is 35.4 Å². The van der Waals surface area contributed by atoms with Crippen LogP contribution in [-0.4, -0.2) is 23.7 Å². The van der Waals surface area contributed by atoms with Gasteiger partial charge in [-0.15, -0.1) is 0 Å². The number of hydrogen-bond donors (Lipinski definition) is 2. The van der Waals surface area contributed by atoms with Gasteiger partial charge in [0.25, 0.3) is 0 Å². The summed E-state index contributed by atoms with van der Waals surface area (Å²) < 4.78 is 0. The summed E-state index contributed by atoms with van der Waals surface area (Å²) in [5, 5.41) is 11.5. The number of carbonyl (C=O) groups excluding carboxylic acids is 1. The van der Waals surface area contributed by atoms with Crippen LogP contribution in [0, 0.1) is 6.92 Å². The molecule has 0 aliphatic heterocycles. The average molecular weight is 221 g/mol. The zero-order valence-corrected chi connectivity index (χ0v) is 9.86. The molecule has 1 atom stereocenters. The fraction of sp³-hybridized carbons (Fsp3) is 0.462. The van der Waals surface area contributed by atoms with Crippen LogP contribution in [0.1, 0.15) is 24.5 Å². The Morgan fingerprint density at radius 1 is 1.44 bits per heavy atom. The Hall–Kier alpha value is -1.35. The number of nitrogens with one attached hydrogen (secondary N) is 1. The fourth-order valence-corrected chi connectivity index (χ4v) is 1.53. The Balaban J connectivity index is 2.40. The van der Waals surface area contributed by atoms with Crippen LogP contribution in [0.3, 0.4) is 0 Å². The van der Waals surface area contributed by atoms with E-state index in [-0.39, 0.29) is 18.6 Å². The van der Waals surface area contributed by atoms with Gasteiger partial charge >= 0.3 is 0 Å². The Labute approximate surface area is 96.5 Å². The molecule has 0 aromatic heterocycles. The van der Waals surface area contributed by atoms with E-state index in [1.165, 1.54) is 11.1 Å². The van der Waals surface area contributed by atoms with Crippen molar-refractivity contribution in [3.8, 4) is 0 Å². The highest BCUT2D eigenvalue weighted by Gasteiger charge is 2.06. The van der Waals surface area contributed by atoms with Crippen LogP contribution in [0.2, 0.25) is 0 Å². The van der Waals surface area contributed by atoms with Crippen molar-refractivity contribution in [1.82, 2.24) is 5.32 Å². The van der Waals surface area contributed by atoms with E-state index in [2.05, 4.69) is 5.32 Å². The zero-order valence-electron chi connectivity index (χ0n) is 9.86. The molecule has 3 heteroatoms. The van der Waals surface area contributed by atoms with Gasteiger partial charge in [0, 0.05) is 12.5 Å². The molecule has 0 spiro atoms. The van der Waals surface area contributed by atoms with E-state index >= 15 is 0 Å². The van der Waals surface area contributed by atoms with Crippen molar-refractivity contribution in [2.24, 2.45) is 0 Å². The van der Waals surface area contributed by atoms with Gasteiger partial charge in [-0.25, -0.2) is 0 Å². The number of aliphatic hydroxyl groups excluding tert-OH is 1. The standard InChI is InChI=1S/C13H19NO2/c1-10-5-3-4-6-12(10)7-8-13(16)14-11(2)9-15/h3-6,11,15H,7-9H2,1-2H3,(H,14,16)/t11-/m1/s1. The largest absolute Gasteiger partial charge is 0.394 e. The molecule has 1 rings (SSSR count). The van der Waals surface area contributed by atoms with Crippen LogP contribution in [0.4, 0.5) is 0 Å². The minimum atomic E-state index is -0.163. The minimum absolute atomic E-state index is 0.00944. The molecule has 0 fully saturated rings. The van der Waals surface area contributed by atoms with Gasteiger partial charge in [0.2, 0.25) is 5.91 Å². The molecule has 0 unspecified atom stereocenters. The Morgan fingerprint density at radius 2 is 2.12 bits per heavy atom. The fourth-order valence-electron chi connectivity index (χ4n) is 1.53. The lowest BCUT2D eigenvalue weighted by Crippen LogP contribution is -2.35. The van der Waals surface area contributed by atoms with E-state index in [4.69, 9.17) is 5.11 Å². The van der Waals surface area contributed by atoms with Gasteiger partial charge in [-0.05, 0) is 31.4 Å². The summed E-state index contributed by atoms with van der Waals surface area (Å²) in [7, 11) is 0. The van der Waals surface area contributed by atoms with Gasteiger partial charge < -0.3 is 10.4 Å². The summed E-state index contributed by atoms with van der Waals surface area (Å²) >= 11 is 0. The van der Waals surface area contributed by atoms with Crippen LogP contribution >= 0.6 is 0 Å². The maximum absolute atomic E-state index is 11.5. The van der Waals surface area contributed by atoms with Gasteiger partial charge in [0.05, 0.1) is 6.61 Å². The third kappa shape index (κ3) is 4.03. The summed E-state index contributed by atoms with van der Waals surface area (Å²) in [5.41, 5.74) is 2.42. The van der Waals surface area contributed by atoms with Crippen molar-refractivity contribution in [2.45, 2.75) is 32.7 Å². The first-order valence-electron chi connectivity index (χ1n) is 5.58. The quantitative estimate of drug-likeness (QED) is 0.790. The molecular weight excluding hydrogens is 202 g/mol. The van der Waals surface area contributed by atoms with E-state index in [0.29, 0.717) is 6.42 Å². The van der Waals surface area contributed by atoms with Crippen molar-refractivity contribution in [3.63, 3.8) is 0 Å². The molecule has 0 saturated heterocycles. The molecule has 0 aliphatic carbocycles. The Kier molecular flexibility index (Phi) is 4.99. The molecule has 2 N–H and O–H groups in total. The number of aliphatic hydroxyl groups is 1. The molecule has 0 bridgehead atoms. The van der Waals surface area contributed by atoms with Gasteiger partial charge in [-0.3, -0.25) is 4.79 Å². The molecular formula is C13H19NO2. The lowest BCUT2D eigenvalue weighted by atomic mass is 10.0. The maximum atomic E-state index is 11.5. The highest BCUT2D eigenvalue weighted by atomic mass is 16.3. The monoisotopic (exact) mass is 221 g/mol. The van der Waals surface area contributed by atoms with Crippen LogP contribution in [0.25, 0.3) is 0 Å². The third-order valence-electron chi connectivity index (χ3n) is 2.56. The Morgan fingerprint density at radius 3 is 2.75 bits per heavy atom. The molecule has 1 aromatic carbocycles. The van der Waals surface area contributed by atoms with Crippen molar-refractivity contribution < 1.29 is 9.90 Å². The van der Waals surface area contributed by atoms with Crippen molar-refractivity contribution >= 4 is 5.91 Å². The minimum Gasteiger partial charge on any atom is -0.394 e. The first kappa shape index (κ1) is 12.7. The van der Waals surface area contributed by atoms with Crippen molar-refractivity contribution in [1.29, 1.82) is 0 Å². The van der Waals surface area contributed by atoms with E-state index in [9.17, 15) is 4.79 Å². The summed E-state index contributed by atoms with van der Waals surface area (Å²) in [6.45, 7) is 3.81. The molecule has 0 radical (unpaired) electrons. The topological polar surface area (TPSA) is 49.3 Å². The predicted molar refractivity (Wildman–Crippen MR) is 64.2 cm³/mol. The SMILES string of the molecule is Cc1ccccc1CCC(=O)N[C@H](C)CO. The predicted octanol–water partition coefficient (Wildman–Crippen LogP) is 1.42. The molecule has 0 aliphatic rings. The molecule has 0 heterocycles. The average Bonchev–Trinajstić information content (AvgIpc) is 2.28. The molecule has 1 amide bonds. The number of rotatable bonds is 5. The molecule has 0 saturated carbocycles. The summed E-state index contributed by atoms with van der Waals surface area (Å²) in [4.78, 5) is 11.5. The second kappa shape index (κ2) is 6.28. The number of benzene rings is 1. The molecule has 1 aromatic rings. The van der Waals surface area contributed by atoms with Gasteiger partial charge in [-0.1, -0.05) is 24.3 Å². The van der Waals surface area contributed by atoms with Gasteiger partial charge in [-0.2, -0.15) is 0 Å². The molecule has 3 nitrogen and oxygen atoms in total. The van der Waals surface area contributed by atoms with Crippen LogP contribution in [0.15, 0.2) is 24.3 Å². The first-order valence-corrected chi connectivity index (χ1v) is 5.58. The third-order valence-corrected chi connectivity index (χ3v) is 2.56.